The van der Waals surface area contributed by atoms with Crippen LogP contribution < -0.4 is 4.90 Å². The molecule has 0 spiro atoms. The highest BCUT2D eigenvalue weighted by atomic mass is 32.1. The van der Waals surface area contributed by atoms with Crippen LogP contribution in [0.15, 0.2) is 6.07 Å². The van der Waals surface area contributed by atoms with Gasteiger partial charge in [-0.1, -0.05) is 0 Å². The molecule has 0 aromatic carbocycles. The lowest BCUT2D eigenvalue weighted by Gasteiger charge is -2.19. The average Bonchev–Trinajstić information content (AvgIpc) is 2.70. The Hall–Kier alpha value is -1.47. The summed E-state index contributed by atoms with van der Waals surface area (Å²) < 4.78 is 0. The van der Waals surface area contributed by atoms with Crippen LogP contribution in [0.2, 0.25) is 0 Å². The molecule has 0 fully saturated rings. The molecule has 18 heavy (non-hydrogen) atoms. The van der Waals surface area contributed by atoms with Crippen molar-refractivity contribution >= 4 is 27.8 Å². The second kappa shape index (κ2) is 5.92. The fourth-order valence-corrected chi connectivity index (χ4v) is 2.41. The van der Waals surface area contributed by atoms with Crippen LogP contribution in [0, 0.1) is 10.1 Å². The summed E-state index contributed by atoms with van der Waals surface area (Å²) in [4.78, 5) is 26.0. The number of rotatable bonds is 6. The molecular weight excluding hydrogens is 254 g/mol. The second-order valence-electron chi connectivity index (χ2n) is 4.34. The third-order valence-electron chi connectivity index (χ3n) is 2.47. The Morgan fingerprint density at radius 3 is 2.44 bits per heavy atom. The topological polar surface area (TPSA) is 66.7 Å². The van der Waals surface area contributed by atoms with Crippen molar-refractivity contribution < 1.29 is 9.72 Å². The van der Waals surface area contributed by atoms with Crippen molar-refractivity contribution in [2.24, 2.45) is 0 Å². The summed E-state index contributed by atoms with van der Waals surface area (Å²) >= 11 is 1.17. The summed E-state index contributed by atoms with van der Waals surface area (Å²) in [5.41, 5.74) is 0.00598. The number of hydrogen-bond donors (Lipinski definition) is 0. The van der Waals surface area contributed by atoms with Gasteiger partial charge in [0.2, 0.25) is 0 Å². The first kappa shape index (κ1) is 14.6. The lowest BCUT2D eigenvalue weighted by atomic mass is 10.3. The lowest BCUT2D eigenvalue weighted by Crippen LogP contribution is -2.28. The van der Waals surface area contributed by atoms with Crippen molar-refractivity contribution in [3.63, 3.8) is 0 Å². The highest BCUT2D eigenvalue weighted by Gasteiger charge is 2.23. The standard InChI is InChI=1S/C11H17N3O3S/c1-8(15)10-7-9(14(16)17)11(18-10)13(4)6-5-12(2)3/h7H,5-6H2,1-4H3. The molecule has 0 aliphatic heterocycles. The first-order valence-corrected chi connectivity index (χ1v) is 6.29. The fourth-order valence-electron chi connectivity index (χ4n) is 1.40. The van der Waals surface area contributed by atoms with E-state index in [-0.39, 0.29) is 11.5 Å². The summed E-state index contributed by atoms with van der Waals surface area (Å²) in [5.74, 6) is -0.143. The SMILES string of the molecule is CC(=O)c1cc([N+](=O)[O-])c(N(C)CCN(C)C)s1. The van der Waals surface area contributed by atoms with E-state index in [1.807, 2.05) is 23.9 Å². The molecule has 0 unspecified atom stereocenters. The van der Waals surface area contributed by atoms with Crippen LogP contribution in [0.4, 0.5) is 10.7 Å². The van der Waals surface area contributed by atoms with Crippen LogP contribution in [0.5, 0.6) is 0 Å². The number of likely N-dealkylation sites (N-methyl/N-ethyl adjacent to an activating group) is 2. The van der Waals surface area contributed by atoms with E-state index in [1.54, 1.807) is 7.05 Å². The van der Waals surface area contributed by atoms with Crippen LogP contribution in [-0.2, 0) is 0 Å². The van der Waals surface area contributed by atoms with E-state index < -0.39 is 4.92 Å². The largest absolute Gasteiger partial charge is 0.360 e. The molecule has 1 rings (SSSR count). The molecule has 0 aliphatic carbocycles. The van der Waals surface area contributed by atoms with E-state index in [4.69, 9.17) is 0 Å². The smallest absolute Gasteiger partial charge is 0.304 e. The number of nitro groups is 1. The van der Waals surface area contributed by atoms with Gasteiger partial charge in [-0.3, -0.25) is 14.9 Å². The third kappa shape index (κ3) is 3.51. The monoisotopic (exact) mass is 271 g/mol. The Labute approximate surface area is 110 Å². The molecule has 1 heterocycles. The molecule has 0 amide bonds. The number of thiophene rings is 1. The third-order valence-corrected chi connectivity index (χ3v) is 3.81. The number of carbonyl (C=O) groups excluding carboxylic acids is 1. The van der Waals surface area contributed by atoms with Crippen molar-refractivity contribution in [2.45, 2.75) is 6.92 Å². The van der Waals surface area contributed by atoms with Crippen LogP contribution in [0.3, 0.4) is 0 Å². The van der Waals surface area contributed by atoms with Crippen molar-refractivity contribution in [1.82, 2.24) is 4.90 Å². The predicted molar refractivity (Wildman–Crippen MR) is 72.8 cm³/mol. The molecule has 0 bridgehead atoms. The number of hydrogen-bond acceptors (Lipinski definition) is 6. The van der Waals surface area contributed by atoms with Gasteiger partial charge in [-0.25, -0.2) is 0 Å². The Morgan fingerprint density at radius 2 is 2.00 bits per heavy atom. The van der Waals surface area contributed by atoms with E-state index in [2.05, 4.69) is 0 Å². The summed E-state index contributed by atoms with van der Waals surface area (Å²) in [6.45, 7) is 2.88. The second-order valence-corrected chi connectivity index (χ2v) is 5.37. The molecule has 1 aromatic heterocycles. The van der Waals surface area contributed by atoms with E-state index in [0.29, 0.717) is 16.4 Å². The fraction of sp³-hybridized carbons (Fsp3) is 0.545. The van der Waals surface area contributed by atoms with Gasteiger partial charge < -0.3 is 9.80 Å². The van der Waals surface area contributed by atoms with E-state index in [1.165, 1.54) is 24.3 Å². The maximum absolute atomic E-state index is 11.3. The minimum atomic E-state index is -0.440. The molecule has 1 aromatic rings. The van der Waals surface area contributed by atoms with Gasteiger partial charge in [-0.15, -0.1) is 11.3 Å². The zero-order valence-electron chi connectivity index (χ0n) is 11.0. The van der Waals surface area contributed by atoms with Crippen molar-refractivity contribution in [1.29, 1.82) is 0 Å². The van der Waals surface area contributed by atoms with E-state index >= 15 is 0 Å². The summed E-state index contributed by atoms with van der Waals surface area (Å²) in [5, 5.41) is 11.5. The highest BCUT2D eigenvalue weighted by Crippen LogP contribution is 2.37. The Balaban J connectivity index is 2.98. The Kier molecular flexibility index (Phi) is 4.80. The van der Waals surface area contributed by atoms with Gasteiger partial charge in [0.1, 0.15) is 0 Å². The summed E-state index contributed by atoms with van der Waals surface area (Å²) in [6.07, 6.45) is 0. The molecular formula is C11H17N3O3S. The van der Waals surface area contributed by atoms with Gasteiger partial charge in [0.15, 0.2) is 10.8 Å². The molecule has 0 saturated heterocycles. The molecule has 100 valence electrons. The van der Waals surface area contributed by atoms with Gasteiger partial charge in [-0.2, -0.15) is 0 Å². The van der Waals surface area contributed by atoms with Crippen molar-refractivity contribution in [2.75, 3.05) is 39.1 Å². The van der Waals surface area contributed by atoms with Gasteiger partial charge in [0.25, 0.3) is 0 Å². The van der Waals surface area contributed by atoms with Gasteiger partial charge >= 0.3 is 5.69 Å². The van der Waals surface area contributed by atoms with Crippen molar-refractivity contribution in [3.05, 3.63) is 21.1 Å². The molecule has 0 atom stereocenters. The van der Waals surface area contributed by atoms with Gasteiger partial charge in [0.05, 0.1) is 9.80 Å². The van der Waals surface area contributed by atoms with Crippen molar-refractivity contribution in [3.8, 4) is 0 Å². The minimum absolute atomic E-state index is 0.00598. The predicted octanol–water partition coefficient (Wildman–Crippen LogP) is 1.86. The highest BCUT2D eigenvalue weighted by molar-refractivity contribution is 7.18. The maximum Gasteiger partial charge on any atom is 0.304 e. The number of ketones is 1. The number of anilines is 1. The average molecular weight is 271 g/mol. The molecule has 0 saturated carbocycles. The normalized spacial score (nSPS) is 10.7. The van der Waals surface area contributed by atoms with E-state index in [0.717, 1.165) is 6.54 Å². The molecule has 6 nitrogen and oxygen atoms in total. The molecule has 0 N–H and O–H groups in total. The van der Waals surface area contributed by atoms with Crippen LogP contribution in [0.25, 0.3) is 0 Å². The summed E-state index contributed by atoms with van der Waals surface area (Å²) in [6, 6.07) is 1.36. The lowest BCUT2D eigenvalue weighted by molar-refractivity contribution is -0.383. The number of Topliss-reactive ketones (excluding diaryl/α,β-unsaturated/α-hetero) is 1. The maximum atomic E-state index is 11.3. The molecule has 7 heteroatoms. The first-order valence-electron chi connectivity index (χ1n) is 5.48. The van der Waals surface area contributed by atoms with Crippen LogP contribution in [-0.4, -0.2) is 49.8 Å². The van der Waals surface area contributed by atoms with Gasteiger partial charge in [-0.05, 0) is 21.0 Å². The Morgan fingerprint density at radius 1 is 1.39 bits per heavy atom. The zero-order chi connectivity index (χ0) is 13.9. The van der Waals surface area contributed by atoms with E-state index in [9.17, 15) is 14.9 Å². The first-order chi connectivity index (χ1) is 8.32. The van der Waals surface area contributed by atoms with Crippen LogP contribution in [0.1, 0.15) is 16.6 Å². The summed E-state index contributed by atoms with van der Waals surface area (Å²) in [7, 11) is 5.68. The van der Waals surface area contributed by atoms with Gasteiger partial charge in [0, 0.05) is 26.2 Å². The van der Waals surface area contributed by atoms with Crippen LogP contribution >= 0.6 is 11.3 Å². The number of carbonyl (C=O) groups is 1. The Bertz CT molecular complexity index is 456. The molecule has 0 radical (unpaired) electrons. The molecule has 0 aliphatic rings. The minimum Gasteiger partial charge on any atom is -0.360 e. The quantitative estimate of drug-likeness (QED) is 0.449. The zero-order valence-corrected chi connectivity index (χ0v) is 11.8. The number of nitrogens with zero attached hydrogens (tertiary/aromatic N) is 3.